The maximum Gasteiger partial charge on any atom is 0.184 e. The highest BCUT2D eigenvalue weighted by Crippen LogP contribution is 2.54. The third-order valence-electron chi connectivity index (χ3n) is 4.29. The largest absolute Gasteiger partial charge is 0.390 e. The standard InChI is InChI=1S/C11H17N3OS/c12-10(16)14-13-9-7-1-6-2-8(9)5-11(15,3-6)4-7/h6-8,15H,1-5H2,(H3,12,14,16). The van der Waals surface area contributed by atoms with Crippen LogP contribution in [0.25, 0.3) is 0 Å². The Bertz CT molecular complexity index is 350. The molecular formula is C11H17N3OS. The maximum atomic E-state index is 10.4. The number of rotatable bonds is 1. The average molecular weight is 239 g/mol. The molecule has 0 aromatic heterocycles. The molecule has 4 fully saturated rings. The van der Waals surface area contributed by atoms with Crippen molar-refractivity contribution in [3.8, 4) is 0 Å². The third-order valence-corrected chi connectivity index (χ3v) is 4.38. The van der Waals surface area contributed by atoms with E-state index < -0.39 is 5.60 Å². The smallest absolute Gasteiger partial charge is 0.184 e. The van der Waals surface area contributed by atoms with Crippen LogP contribution in [0, 0.1) is 17.8 Å². The number of hydrogen-bond acceptors (Lipinski definition) is 3. The molecule has 16 heavy (non-hydrogen) atoms. The molecule has 4 bridgehead atoms. The van der Waals surface area contributed by atoms with Gasteiger partial charge in [-0.1, -0.05) is 0 Å². The molecule has 4 nitrogen and oxygen atoms in total. The molecule has 0 saturated heterocycles. The minimum atomic E-state index is -0.404. The second kappa shape index (κ2) is 3.40. The van der Waals surface area contributed by atoms with Gasteiger partial charge >= 0.3 is 0 Å². The predicted octanol–water partition coefficient (Wildman–Crippen LogP) is 0.747. The van der Waals surface area contributed by atoms with Crippen molar-refractivity contribution in [3.05, 3.63) is 0 Å². The van der Waals surface area contributed by atoms with Crippen LogP contribution in [0.1, 0.15) is 32.1 Å². The summed E-state index contributed by atoms with van der Waals surface area (Å²) in [7, 11) is 0. The fourth-order valence-electron chi connectivity index (χ4n) is 4.03. The van der Waals surface area contributed by atoms with E-state index in [4.69, 9.17) is 18.0 Å². The second-order valence-corrected chi connectivity index (χ2v) is 6.02. The van der Waals surface area contributed by atoms with E-state index in [1.54, 1.807) is 0 Å². The summed E-state index contributed by atoms with van der Waals surface area (Å²) in [5.41, 5.74) is 8.87. The van der Waals surface area contributed by atoms with Gasteiger partial charge in [0.05, 0.1) is 5.60 Å². The number of thiocarbonyl (C=S) groups is 1. The van der Waals surface area contributed by atoms with Crippen LogP contribution in [0.15, 0.2) is 5.10 Å². The molecule has 4 N–H and O–H groups in total. The minimum absolute atomic E-state index is 0.222. The van der Waals surface area contributed by atoms with Crippen molar-refractivity contribution in [2.75, 3.05) is 0 Å². The topological polar surface area (TPSA) is 70.6 Å². The molecule has 2 atom stereocenters. The Morgan fingerprint density at radius 2 is 2.00 bits per heavy atom. The molecule has 4 saturated carbocycles. The van der Waals surface area contributed by atoms with Gasteiger partial charge in [0.25, 0.3) is 0 Å². The first-order chi connectivity index (χ1) is 7.56. The first kappa shape index (κ1) is 10.5. The maximum absolute atomic E-state index is 10.4. The van der Waals surface area contributed by atoms with Crippen LogP contribution in [-0.2, 0) is 0 Å². The van der Waals surface area contributed by atoms with Gasteiger partial charge in [0, 0.05) is 17.5 Å². The van der Waals surface area contributed by atoms with E-state index in [0.29, 0.717) is 17.8 Å². The van der Waals surface area contributed by atoms with Crippen molar-refractivity contribution in [1.29, 1.82) is 0 Å². The molecular weight excluding hydrogens is 222 g/mol. The van der Waals surface area contributed by atoms with Crippen LogP contribution in [0.2, 0.25) is 0 Å². The van der Waals surface area contributed by atoms with E-state index in [9.17, 15) is 5.11 Å². The molecule has 0 heterocycles. The van der Waals surface area contributed by atoms with E-state index in [-0.39, 0.29) is 5.11 Å². The Morgan fingerprint density at radius 3 is 2.50 bits per heavy atom. The Kier molecular flexibility index (Phi) is 2.23. The minimum Gasteiger partial charge on any atom is -0.390 e. The lowest BCUT2D eigenvalue weighted by Gasteiger charge is -2.54. The normalized spacial score (nSPS) is 44.6. The molecule has 4 aliphatic rings. The predicted molar refractivity (Wildman–Crippen MR) is 65.9 cm³/mol. The van der Waals surface area contributed by atoms with Crippen LogP contribution in [-0.4, -0.2) is 21.5 Å². The fraction of sp³-hybridized carbons (Fsp3) is 0.818. The fourth-order valence-corrected chi connectivity index (χ4v) is 4.07. The lowest BCUT2D eigenvalue weighted by atomic mass is 9.53. The van der Waals surface area contributed by atoms with Crippen molar-refractivity contribution >= 4 is 23.0 Å². The van der Waals surface area contributed by atoms with Crippen LogP contribution in [0.5, 0.6) is 0 Å². The van der Waals surface area contributed by atoms with Crippen molar-refractivity contribution in [3.63, 3.8) is 0 Å². The lowest BCUT2D eigenvalue weighted by Crippen LogP contribution is -2.55. The van der Waals surface area contributed by atoms with E-state index in [0.717, 1.165) is 19.3 Å². The van der Waals surface area contributed by atoms with Crippen LogP contribution >= 0.6 is 12.2 Å². The SMILES string of the molecule is NC(=S)NN=C1C2CC3CC1CC(O)(C3)C2. The summed E-state index contributed by atoms with van der Waals surface area (Å²) in [6.45, 7) is 0. The molecule has 5 heteroatoms. The Hall–Kier alpha value is -0.680. The summed E-state index contributed by atoms with van der Waals surface area (Å²) in [6.07, 6.45) is 5.10. The van der Waals surface area contributed by atoms with Crippen molar-refractivity contribution in [2.24, 2.45) is 28.6 Å². The van der Waals surface area contributed by atoms with E-state index in [1.165, 1.54) is 18.6 Å². The van der Waals surface area contributed by atoms with Gasteiger partial charge in [0.2, 0.25) is 0 Å². The van der Waals surface area contributed by atoms with Gasteiger partial charge in [0.15, 0.2) is 5.11 Å². The Morgan fingerprint density at radius 1 is 1.38 bits per heavy atom. The highest BCUT2D eigenvalue weighted by Gasteiger charge is 2.53. The monoisotopic (exact) mass is 239 g/mol. The van der Waals surface area contributed by atoms with Crippen LogP contribution in [0.3, 0.4) is 0 Å². The quantitative estimate of drug-likeness (QED) is 0.466. The molecule has 0 aromatic rings. The second-order valence-electron chi connectivity index (χ2n) is 5.58. The Balaban J connectivity index is 1.83. The summed E-state index contributed by atoms with van der Waals surface area (Å²) in [5.74, 6) is 1.59. The summed E-state index contributed by atoms with van der Waals surface area (Å²) in [6, 6.07) is 0. The molecule has 88 valence electrons. The summed E-state index contributed by atoms with van der Waals surface area (Å²) < 4.78 is 0. The number of nitrogens with zero attached hydrogens (tertiary/aromatic N) is 1. The number of hydrogen-bond donors (Lipinski definition) is 3. The zero-order valence-corrected chi connectivity index (χ0v) is 9.96. The van der Waals surface area contributed by atoms with Crippen LogP contribution < -0.4 is 11.2 Å². The van der Waals surface area contributed by atoms with Crippen LogP contribution in [0.4, 0.5) is 0 Å². The summed E-state index contributed by atoms with van der Waals surface area (Å²) in [5, 5.41) is 14.9. The molecule has 0 amide bonds. The first-order valence-electron chi connectivity index (χ1n) is 5.91. The van der Waals surface area contributed by atoms with Gasteiger partial charge in [-0.25, -0.2) is 0 Å². The molecule has 4 aliphatic carbocycles. The van der Waals surface area contributed by atoms with Gasteiger partial charge in [-0.05, 0) is 50.2 Å². The van der Waals surface area contributed by atoms with Gasteiger partial charge in [-0.2, -0.15) is 5.10 Å². The van der Waals surface area contributed by atoms with E-state index >= 15 is 0 Å². The number of hydrazone groups is 1. The number of nitrogens with one attached hydrogen (secondary N) is 1. The molecule has 0 radical (unpaired) electrons. The van der Waals surface area contributed by atoms with Gasteiger partial charge in [0.1, 0.15) is 0 Å². The molecule has 0 aliphatic heterocycles. The zero-order valence-electron chi connectivity index (χ0n) is 9.15. The van der Waals surface area contributed by atoms with Gasteiger partial charge in [-0.15, -0.1) is 0 Å². The van der Waals surface area contributed by atoms with E-state index in [1.807, 2.05) is 0 Å². The average Bonchev–Trinajstić information content (AvgIpc) is 2.13. The Labute approximate surface area is 100 Å². The molecule has 4 rings (SSSR count). The number of aliphatic hydroxyl groups is 1. The van der Waals surface area contributed by atoms with Crippen molar-refractivity contribution in [1.82, 2.24) is 5.43 Å². The lowest BCUT2D eigenvalue weighted by molar-refractivity contribution is -0.0825. The van der Waals surface area contributed by atoms with E-state index in [2.05, 4.69) is 10.5 Å². The molecule has 0 spiro atoms. The van der Waals surface area contributed by atoms with Crippen molar-refractivity contribution in [2.45, 2.75) is 37.7 Å². The van der Waals surface area contributed by atoms with Gasteiger partial charge < -0.3 is 10.8 Å². The third kappa shape index (κ3) is 1.62. The van der Waals surface area contributed by atoms with Crippen molar-refractivity contribution < 1.29 is 5.11 Å². The molecule has 0 aromatic carbocycles. The number of nitrogens with two attached hydrogens (primary N) is 1. The zero-order chi connectivity index (χ0) is 11.3. The first-order valence-corrected chi connectivity index (χ1v) is 6.32. The molecule has 2 unspecified atom stereocenters. The van der Waals surface area contributed by atoms with Gasteiger partial charge in [-0.3, -0.25) is 5.43 Å². The highest BCUT2D eigenvalue weighted by molar-refractivity contribution is 7.80. The summed E-state index contributed by atoms with van der Waals surface area (Å²) >= 11 is 4.76. The summed E-state index contributed by atoms with van der Waals surface area (Å²) in [4.78, 5) is 0. The highest BCUT2D eigenvalue weighted by atomic mass is 32.1.